The number of hydrogen-bond acceptors (Lipinski definition) is 5. The summed E-state index contributed by atoms with van der Waals surface area (Å²) in [6.45, 7) is 2.43. The van der Waals surface area contributed by atoms with Gasteiger partial charge in [-0.25, -0.2) is 4.79 Å². The van der Waals surface area contributed by atoms with Crippen molar-refractivity contribution in [3.63, 3.8) is 0 Å². The lowest BCUT2D eigenvalue weighted by Crippen LogP contribution is -2.48. The Morgan fingerprint density at radius 1 is 1.15 bits per heavy atom. The summed E-state index contributed by atoms with van der Waals surface area (Å²) in [6.07, 6.45) is -1.02. The quantitative estimate of drug-likeness (QED) is 0.825. The van der Waals surface area contributed by atoms with Crippen LogP contribution in [0.5, 0.6) is 0 Å². The Labute approximate surface area is 146 Å². The number of anilines is 2. The molecule has 2 aliphatic rings. The van der Waals surface area contributed by atoms with Crippen LogP contribution in [0.1, 0.15) is 11.7 Å². The van der Waals surface area contributed by atoms with E-state index in [1.54, 1.807) is 27.7 Å². The fraction of sp³-hybridized carbons (Fsp3) is 0.467. The van der Waals surface area contributed by atoms with E-state index < -0.39 is 11.9 Å². The van der Waals surface area contributed by atoms with Gasteiger partial charge in [0.2, 0.25) is 0 Å². The van der Waals surface area contributed by atoms with E-state index in [-0.39, 0.29) is 12.1 Å². The highest BCUT2D eigenvalue weighted by atomic mass is 19.4. The van der Waals surface area contributed by atoms with Crippen molar-refractivity contribution in [2.24, 2.45) is 0 Å². The molecule has 0 N–H and O–H groups in total. The largest absolute Gasteiger partial charge is 0.435 e. The highest BCUT2D eigenvalue weighted by Gasteiger charge is 2.35. The number of hydrogen-bond donors (Lipinski definition) is 0. The fourth-order valence-electron chi connectivity index (χ4n) is 3.01. The molecule has 4 rings (SSSR count). The monoisotopic (exact) mass is 367 g/mol. The minimum atomic E-state index is -4.49. The van der Waals surface area contributed by atoms with Gasteiger partial charge in [-0.05, 0) is 12.1 Å². The van der Waals surface area contributed by atoms with E-state index in [4.69, 9.17) is 0 Å². The number of rotatable bonds is 3. The first-order valence-corrected chi connectivity index (χ1v) is 8.05. The summed E-state index contributed by atoms with van der Waals surface area (Å²) < 4.78 is 39.3. The van der Waals surface area contributed by atoms with E-state index in [1.165, 1.54) is 6.07 Å². The molecule has 11 heteroatoms. The van der Waals surface area contributed by atoms with Crippen LogP contribution in [0.4, 0.5) is 29.5 Å². The van der Waals surface area contributed by atoms with E-state index in [0.717, 1.165) is 11.8 Å². The molecule has 2 aromatic heterocycles. The minimum Gasteiger partial charge on any atom is -0.351 e. The third kappa shape index (κ3) is 2.82. The maximum absolute atomic E-state index is 12.5. The number of amides is 2. The van der Waals surface area contributed by atoms with Crippen LogP contribution in [-0.2, 0) is 6.18 Å². The van der Waals surface area contributed by atoms with Crippen LogP contribution in [-0.4, -0.2) is 64.1 Å². The zero-order valence-corrected chi connectivity index (χ0v) is 13.9. The molecule has 2 saturated heterocycles. The standard InChI is InChI=1S/C15H16F3N7O/c1-22-4-5-24(14(22)26)10-6-19-25(9-10)11-7-23(8-11)13-3-2-12(20-21-13)15(16,17)18/h2-3,6,9,11H,4-5,7-8H2,1H3. The first-order valence-electron chi connectivity index (χ1n) is 8.05. The Bertz CT molecular complexity index is 813. The van der Waals surface area contributed by atoms with Crippen molar-refractivity contribution in [1.82, 2.24) is 24.9 Å². The van der Waals surface area contributed by atoms with Crippen LogP contribution in [0.15, 0.2) is 24.5 Å². The molecule has 0 spiro atoms. The van der Waals surface area contributed by atoms with Crippen molar-refractivity contribution < 1.29 is 18.0 Å². The first-order chi connectivity index (χ1) is 12.3. The van der Waals surface area contributed by atoms with E-state index in [9.17, 15) is 18.0 Å². The molecule has 0 aliphatic carbocycles. The van der Waals surface area contributed by atoms with Gasteiger partial charge in [0.05, 0.1) is 17.9 Å². The summed E-state index contributed by atoms with van der Waals surface area (Å²) in [6, 6.07) is 2.26. The lowest BCUT2D eigenvalue weighted by atomic mass is 10.1. The molecule has 0 unspecified atom stereocenters. The van der Waals surface area contributed by atoms with Gasteiger partial charge >= 0.3 is 12.2 Å². The highest BCUT2D eigenvalue weighted by molar-refractivity contribution is 5.93. The predicted molar refractivity (Wildman–Crippen MR) is 85.9 cm³/mol. The summed E-state index contributed by atoms with van der Waals surface area (Å²) in [7, 11) is 1.75. The summed E-state index contributed by atoms with van der Waals surface area (Å²) in [5, 5.41) is 11.2. The normalized spacial score (nSPS) is 18.6. The second-order valence-corrected chi connectivity index (χ2v) is 6.37. The van der Waals surface area contributed by atoms with Gasteiger partial charge in [-0.2, -0.15) is 18.3 Å². The molecular formula is C15H16F3N7O. The van der Waals surface area contributed by atoms with Crippen LogP contribution in [0.2, 0.25) is 0 Å². The minimum absolute atomic E-state index is 0.0557. The molecule has 0 aromatic carbocycles. The number of aromatic nitrogens is 4. The predicted octanol–water partition coefficient (Wildman–Crippen LogP) is 1.62. The molecule has 4 heterocycles. The topological polar surface area (TPSA) is 70.4 Å². The maximum atomic E-state index is 12.5. The SMILES string of the molecule is CN1CCN(c2cnn(C3CN(c4ccc(C(F)(F)F)nn4)C3)c2)C1=O. The van der Waals surface area contributed by atoms with Crippen LogP contribution < -0.4 is 9.80 Å². The number of urea groups is 1. The Balaban J connectivity index is 1.39. The number of carbonyl (C=O) groups is 1. The molecule has 0 saturated carbocycles. The van der Waals surface area contributed by atoms with Gasteiger partial charge in [-0.15, -0.1) is 10.2 Å². The smallest absolute Gasteiger partial charge is 0.351 e. The maximum Gasteiger partial charge on any atom is 0.435 e. The second kappa shape index (κ2) is 5.85. The molecular weight excluding hydrogens is 351 g/mol. The fourth-order valence-corrected chi connectivity index (χ4v) is 3.01. The van der Waals surface area contributed by atoms with E-state index >= 15 is 0 Å². The van der Waals surface area contributed by atoms with Crippen molar-refractivity contribution in [1.29, 1.82) is 0 Å². The van der Waals surface area contributed by atoms with Crippen LogP contribution >= 0.6 is 0 Å². The lowest BCUT2D eigenvalue weighted by molar-refractivity contribution is -0.141. The molecule has 0 radical (unpaired) electrons. The van der Waals surface area contributed by atoms with Gasteiger partial charge in [0.25, 0.3) is 0 Å². The molecule has 0 bridgehead atoms. The number of halogens is 3. The van der Waals surface area contributed by atoms with Crippen molar-refractivity contribution >= 4 is 17.5 Å². The highest BCUT2D eigenvalue weighted by Crippen LogP contribution is 2.30. The van der Waals surface area contributed by atoms with Crippen molar-refractivity contribution in [2.45, 2.75) is 12.2 Å². The van der Waals surface area contributed by atoms with Gasteiger partial charge in [0, 0.05) is 39.4 Å². The van der Waals surface area contributed by atoms with Crippen molar-refractivity contribution in [3.05, 3.63) is 30.2 Å². The van der Waals surface area contributed by atoms with E-state index in [1.807, 2.05) is 11.1 Å². The van der Waals surface area contributed by atoms with E-state index in [0.29, 0.717) is 32.0 Å². The zero-order chi connectivity index (χ0) is 18.5. The summed E-state index contributed by atoms with van der Waals surface area (Å²) in [5.41, 5.74) is -0.262. The van der Waals surface area contributed by atoms with Gasteiger partial charge in [0.1, 0.15) is 0 Å². The molecule has 0 atom stereocenters. The third-order valence-corrected chi connectivity index (χ3v) is 4.62. The average Bonchev–Trinajstić information content (AvgIpc) is 3.14. The zero-order valence-electron chi connectivity index (χ0n) is 13.9. The van der Waals surface area contributed by atoms with Gasteiger partial charge in [-0.1, -0.05) is 0 Å². The second-order valence-electron chi connectivity index (χ2n) is 6.37. The number of nitrogens with zero attached hydrogens (tertiary/aromatic N) is 7. The Morgan fingerprint density at radius 3 is 2.50 bits per heavy atom. The first kappa shape index (κ1) is 16.6. The average molecular weight is 367 g/mol. The molecule has 138 valence electrons. The van der Waals surface area contributed by atoms with Crippen LogP contribution in [0, 0.1) is 0 Å². The van der Waals surface area contributed by atoms with Crippen LogP contribution in [0.25, 0.3) is 0 Å². The van der Waals surface area contributed by atoms with Crippen molar-refractivity contribution in [2.75, 3.05) is 43.0 Å². The molecule has 8 nitrogen and oxygen atoms in total. The number of carbonyl (C=O) groups excluding carboxylic acids is 1. The Morgan fingerprint density at radius 2 is 1.92 bits per heavy atom. The summed E-state index contributed by atoms with van der Waals surface area (Å²) >= 11 is 0. The van der Waals surface area contributed by atoms with E-state index in [2.05, 4.69) is 15.3 Å². The van der Waals surface area contributed by atoms with Crippen LogP contribution in [0.3, 0.4) is 0 Å². The number of alkyl halides is 3. The van der Waals surface area contributed by atoms with Gasteiger partial charge in [0.15, 0.2) is 11.5 Å². The molecule has 2 fully saturated rings. The molecule has 2 aliphatic heterocycles. The molecule has 26 heavy (non-hydrogen) atoms. The lowest BCUT2D eigenvalue weighted by Gasteiger charge is -2.39. The Kier molecular flexibility index (Phi) is 3.74. The van der Waals surface area contributed by atoms with Gasteiger partial charge in [-0.3, -0.25) is 9.58 Å². The summed E-state index contributed by atoms with van der Waals surface area (Å²) in [4.78, 5) is 17.2. The Hall–Kier alpha value is -2.85. The number of likely N-dealkylation sites (N-methyl/N-ethyl adjacent to an activating group) is 1. The van der Waals surface area contributed by atoms with Crippen molar-refractivity contribution in [3.8, 4) is 0 Å². The molecule has 2 amide bonds. The van der Waals surface area contributed by atoms with Gasteiger partial charge < -0.3 is 9.80 Å². The third-order valence-electron chi connectivity index (χ3n) is 4.62. The summed E-state index contributed by atoms with van der Waals surface area (Å²) in [5.74, 6) is 0.401. The molecule has 2 aromatic rings.